The molecule has 3 heterocycles. The number of aromatic nitrogens is 4. The van der Waals surface area contributed by atoms with Crippen molar-refractivity contribution >= 4 is 21.8 Å². The number of anilines is 2. The second kappa shape index (κ2) is 8.57. The van der Waals surface area contributed by atoms with Crippen LogP contribution in [0.15, 0.2) is 23.5 Å². The third-order valence-corrected chi connectivity index (χ3v) is 7.56. The highest BCUT2D eigenvalue weighted by Gasteiger charge is 2.30. The van der Waals surface area contributed by atoms with Crippen LogP contribution in [-0.4, -0.2) is 57.6 Å². The van der Waals surface area contributed by atoms with E-state index in [0.717, 1.165) is 12.8 Å². The molecule has 2 aliphatic rings. The maximum atomic E-state index is 12.7. The van der Waals surface area contributed by atoms with Crippen LogP contribution in [0.25, 0.3) is 0 Å². The van der Waals surface area contributed by atoms with Gasteiger partial charge in [-0.3, -0.25) is 4.68 Å². The monoisotopic (exact) mass is 430 g/mol. The number of nitriles is 1. The maximum absolute atomic E-state index is 12.7. The molecular weight excluding hydrogens is 404 g/mol. The fourth-order valence-electron chi connectivity index (χ4n) is 4.01. The van der Waals surface area contributed by atoms with Crippen LogP contribution >= 0.6 is 0 Å². The Balaban J connectivity index is 1.38. The third kappa shape index (κ3) is 4.39. The molecule has 30 heavy (non-hydrogen) atoms. The lowest BCUT2D eigenvalue weighted by atomic mass is 10.1. The van der Waals surface area contributed by atoms with Gasteiger partial charge in [0, 0.05) is 38.4 Å². The van der Waals surface area contributed by atoms with Crippen LogP contribution < -0.4 is 10.6 Å². The number of piperidine rings is 1. The van der Waals surface area contributed by atoms with Gasteiger partial charge in [0.1, 0.15) is 22.3 Å². The molecule has 2 N–H and O–H groups in total. The average molecular weight is 431 g/mol. The maximum Gasteiger partial charge on any atom is 0.246 e. The van der Waals surface area contributed by atoms with Gasteiger partial charge in [0.2, 0.25) is 16.0 Å². The van der Waals surface area contributed by atoms with Gasteiger partial charge in [0.15, 0.2) is 0 Å². The molecule has 10 nitrogen and oxygen atoms in total. The van der Waals surface area contributed by atoms with Gasteiger partial charge in [0.25, 0.3) is 0 Å². The summed E-state index contributed by atoms with van der Waals surface area (Å²) in [4.78, 5) is 9.01. The van der Waals surface area contributed by atoms with Crippen molar-refractivity contribution in [3.05, 3.63) is 24.2 Å². The summed E-state index contributed by atoms with van der Waals surface area (Å²) in [6, 6.07) is 2.56. The molecule has 1 aliphatic heterocycles. The van der Waals surface area contributed by atoms with Gasteiger partial charge in [-0.05, 0) is 25.7 Å². The minimum absolute atomic E-state index is 0.0672. The van der Waals surface area contributed by atoms with Crippen LogP contribution in [0.3, 0.4) is 0 Å². The Labute approximate surface area is 176 Å². The van der Waals surface area contributed by atoms with Gasteiger partial charge in [-0.2, -0.15) is 19.6 Å². The van der Waals surface area contributed by atoms with Crippen molar-refractivity contribution in [3.8, 4) is 6.07 Å². The molecule has 0 radical (unpaired) electrons. The molecule has 2 fully saturated rings. The molecule has 1 aliphatic carbocycles. The molecule has 1 saturated carbocycles. The first-order chi connectivity index (χ1) is 14.5. The number of hydrogen-bond acceptors (Lipinski definition) is 8. The normalized spacial score (nSPS) is 18.9. The van der Waals surface area contributed by atoms with E-state index in [2.05, 4.69) is 31.8 Å². The highest BCUT2D eigenvalue weighted by molar-refractivity contribution is 7.89. The summed E-state index contributed by atoms with van der Waals surface area (Å²) in [5.74, 6) is 1.03. The summed E-state index contributed by atoms with van der Waals surface area (Å²) in [5, 5.41) is 20.0. The van der Waals surface area contributed by atoms with Crippen LogP contribution in [0.1, 0.15) is 44.1 Å². The van der Waals surface area contributed by atoms with Gasteiger partial charge < -0.3 is 10.6 Å². The standard InChI is InChI=1S/C19H26N8O2S/c1-26-13-17(12-22-26)30(28,29)27-8-6-16(7-9-27)24-19-21-11-14(10-20)18(25-19)23-15-4-2-3-5-15/h11-13,15-16H,2-9H2,1H3,(H2,21,23,24,25). The summed E-state index contributed by atoms with van der Waals surface area (Å²) in [7, 11) is -1.82. The van der Waals surface area contributed by atoms with Crippen molar-refractivity contribution in [1.82, 2.24) is 24.1 Å². The quantitative estimate of drug-likeness (QED) is 0.708. The van der Waals surface area contributed by atoms with Gasteiger partial charge in [-0.25, -0.2) is 13.4 Å². The molecule has 160 valence electrons. The lowest BCUT2D eigenvalue weighted by Crippen LogP contribution is -2.42. The van der Waals surface area contributed by atoms with Gasteiger partial charge in [-0.15, -0.1) is 0 Å². The highest BCUT2D eigenvalue weighted by Crippen LogP contribution is 2.25. The molecule has 0 aromatic carbocycles. The zero-order valence-electron chi connectivity index (χ0n) is 17.0. The predicted molar refractivity (Wildman–Crippen MR) is 111 cm³/mol. The Bertz CT molecular complexity index is 1030. The van der Waals surface area contributed by atoms with Crippen LogP contribution in [0.5, 0.6) is 0 Å². The van der Waals surface area contributed by atoms with E-state index in [1.807, 2.05) is 0 Å². The second-order valence-electron chi connectivity index (χ2n) is 7.87. The van der Waals surface area contributed by atoms with Crippen molar-refractivity contribution in [2.45, 2.75) is 55.5 Å². The fraction of sp³-hybridized carbons (Fsp3) is 0.579. The zero-order chi connectivity index (χ0) is 21.1. The molecule has 1 saturated heterocycles. The van der Waals surface area contributed by atoms with Crippen LogP contribution in [-0.2, 0) is 17.1 Å². The molecular formula is C19H26N8O2S. The second-order valence-corrected chi connectivity index (χ2v) is 9.80. The van der Waals surface area contributed by atoms with Crippen molar-refractivity contribution in [1.29, 1.82) is 5.26 Å². The van der Waals surface area contributed by atoms with Gasteiger partial charge >= 0.3 is 0 Å². The molecule has 0 bridgehead atoms. The largest absolute Gasteiger partial charge is 0.366 e. The van der Waals surface area contributed by atoms with E-state index in [9.17, 15) is 13.7 Å². The number of hydrogen-bond donors (Lipinski definition) is 2. The number of rotatable bonds is 6. The summed E-state index contributed by atoms with van der Waals surface area (Å²) in [5.41, 5.74) is 0.435. The number of nitrogens with one attached hydrogen (secondary N) is 2. The third-order valence-electron chi connectivity index (χ3n) is 5.71. The molecule has 2 aromatic heterocycles. The molecule has 0 atom stereocenters. The van der Waals surface area contributed by atoms with E-state index in [4.69, 9.17) is 0 Å². The van der Waals surface area contributed by atoms with E-state index in [-0.39, 0.29) is 10.9 Å². The molecule has 0 amide bonds. The van der Waals surface area contributed by atoms with Crippen LogP contribution in [0, 0.1) is 11.3 Å². The van der Waals surface area contributed by atoms with Crippen molar-refractivity contribution in [2.24, 2.45) is 7.05 Å². The van der Waals surface area contributed by atoms with E-state index >= 15 is 0 Å². The lowest BCUT2D eigenvalue weighted by molar-refractivity contribution is 0.329. The summed E-state index contributed by atoms with van der Waals surface area (Å²) in [6.45, 7) is 0.830. The Kier molecular flexibility index (Phi) is 5.87. The van der Waals surface area contributed by atoms with Crippen LogP contribution in [0.4, 0.5) is 11.8 Å². The van der Waals surface area contributed by atoms with Crippen molar-refractivity contribution in [2.75, 3.05) is 23.7 Å². The first-order valence-corrected chi connectivity index (χ1v) is 11.7. The van der Waals surface area contributed by atoms with Crippen molar-refractivity contribution < 1.29 is 8.42 Å². The average Bonchev–Trinajstić information content (AvgIpc) is 3.41. The molecule has 0 spiro atoms. The number of sulfonamides is 1. The molecule has 11 heteroatoms. The molecule has 2 aromatic rings. The summed E-state index contributed by atoms with van der Waals surface area (Å²) < 4.78 is 28.4. The Morgan fingerprint density at radius 1 is 1.10 bits per heavy atom. The number of nitrogens with zero attached hydrogens (tertiary/aromatic N) is 6. The minimum atomic E-state index is -3.52. The van der Waals surface area contributed by atoms with E-state index in [0.29, 0.717) is 49.3 Å². The first-order valence-electron chi connectivity index (χ1n) is 10.2. The topological polar surface area (TPSA) is 129 Å². The fourth-order valence-corrected chi connectivity index (χ4v) is 5.47. The van der Waals surface area contributed by atoms with Gasteiger partial charge in [0.05, 0.1) is 12.4 Å². The smallest absolute Gasteiger partial charge is 0.246 e. The van der Waals surface area contributed by atoms with Crippen molar-refractivity contribution in [3.63, 3.8) is 0 Å². The lowest BCUT2D eigenvalue weighted by Gasteiger charge is -2.31. The summed E-state index contributed by atoms with van der Waals surface area (Å²) >= 11 is 0. The predicted octanol–water partition coefficient (Wildman–Crippen LogP) is 1.70. The van der Waals surface area contributed by atoms with E-state index < -0.39 is 10.0 Å². The Hall–Kier alpha value is -2.71. The highest BCUT2D eigenvalue weighted by atomic mass is 32.2. The van der Waals surface area contributed by atoms with E-state index in [1.165, 1.54) is 40.4 Å². The molecule has 0 unspecified atom stereocenters. The molecule has 4 rings (SSSR count). The SMILES string of the molecule is Cn1cc(S(=O)(=O)N2CCC(Nc3ncc(C#N)c(NC4CCCC4)n3)CC2)cn1. The minimum Gasteiger partial charge on any atom is -0.366 e. The number of aryl methyl sites for hydroxylation is 1. The summed E-state index contributed by atoms with van der Waals surface area (Å²) in [6.07, 6.45) is 10.3. The zero-order valence-corrected chi connectivity index (χ0v) is 17.8. The Morgan fingerprint density at radius 3 is 2.43 bits per heavy atom. The van der Waals surface area contributed by atoms with Crippen LogP contribution in [0.2, 0.25) is 0 Å². The van der Waals surface area contributed by atoms with E-state index in [1.54, 1.807) is 7.05 Å². The first kappa shape index (κ1) is 20.6. The van der Waals surface area contributed by atoms with Gasteiger partial charge in [-0.1, -0.05) is 12.8 Å². The Morgan fingerprint density at radius 2 is 1.80 bits per heavy atom.